The molecule has 0 spiro atoms. The van der Waals surface area contributed by atoms with E-state index in [1.54, 1.807) is 4.90 Å². The number of likely N-dealkylation sites (N-methyl/N-ethyl adjacent to an activating group) is 1. The van der Waals surface area contributed by atoms with Gasteiger partial charge in [0.1, 0.15) is 12.4 Å². The molecule has 8 heteroatoms. The van der Waals surface area contributed by atoms with Gasteiger partial charge in [-0.15, -0.1) is 5.10 Å². The number of aromatic nitrogens is 4. The summed E-state index contributed by atoms with van der Waals surface area (Å²) in [5.74, 6) is -0.0452. The van der Waals surface area contributed by atoms with Crippen molar-refractivity contribution in [2.45, 2.75) is 39.3 Å². The molecule has 0 radical (unpaired) electrons. The highest BCUT2D eigenvalue weighted by atomic mass is 16.2. The maximum Gasteiger partial charge on any atom is 0.245 e. The van der Waals surface area contributed by atoms with E-state index in [2.05, 4.69) is 52.8 Å². The van der Waals surface area contributed by atoms with Crippen molar-refractivity contribution in [1.82, 2.24) is 30.0 Å². The Morgan fingerprint density at radius 3 is 2.72 bits per heavy atom. The third-order valence-electron chi connectivity index (χ3n) is 5.99. The predicted molar refractivity (Wildman–Crippen MR) is 121 cm³/mol. The number of hydrogen-bond acceptors (Lipinski definition) is 5. The number of aryl methyl sites for hydroxylation is 2. The Morgan fingerprint density at radius 1 is 1.12 bits per heavy atom. The highest BCUT2D eigenvalue weighted by Gasteiger charge is 2.37. The monoisotopic (exact) mass is 432 g/mol. The molecule has 3 aromatic rings. The third-order valence-corrected chi connectivity index (χ3v) is 5.99. The molecule has 1 fully saturated rings. The van der Waals surface area contributed by atoms with Crippen LogP contribution in [0.1, 0.15) is 24.5 Å². The SMILES string of the molecule is CCN1CCN(C(=O)CCn2cnnn2)[C@H](Cc2ccccc2-c2cccc(C)c2)C1=O. The fraction of sp³-hybridized carbons (Fsp3) is 0.375. The summed E-state index contributed by atoms with van der Waals surface area (Å²) >= 11 is 0. The van der Waals surface area contributed by atoms with Crippen LogP contribution in [-0.4, -0.2) is 67.5 Å². The molecule has 0 unspecified atom stereocenters. The van der Waals surface area contributed by atoms with Crippen molar-refractivity contribution in [2.24, 2.45) is 0 Å². The normalized spacial score (nSPS) is 16.4. The van der Waals surface area contributed by atoms with Crippen LogP contribution in [0.2, 0.25) is 0 Å². The molecule has 2 amide bonds. The van der Waals surface area contributed by atoms with Gasteiger partial charge in [-0.25, -0.2) is 4.68 Å². The molecule has 166 valence electrons. The lowest BCUT2D eigenvalue weighted by molar-refractivity contribution is -0.151. The van der Waals surface area contributed by atoms with Crippen LogP contribution in [-0.2, 0) is 22.6 Å². The predicted octanol–water partition coefficient (Wildman–Crippen LogP) is 2.34. The standard InChI is InChI=1S/C24H28N6O2/c1-3-28-13-14-30(23(31)11-12-29-17-25-26-27-29)22(24(28)32)16-20-8-4-5-10-21(20)19-9-6-7-18(2)15-19/h4-10,15,17,22H,3,11-14,16H2,1-2H3/t22-/m1/s1. The minimum Gasteiger partial charge on any atom is -0.339 e. The molecule has 1 aliphatic rings. The van der Waals surface area contributed by atoms with E-state index in [0.29, 0.717) is 32.6 Å². The fourth-order valence-corrected chi connectivity index (χ4v) is 4.29. The van der Waals surface area contributed by atoms with Crippen LogP contribution in [0.5, 0.6) is 0 Å². The fourth-order valence-electron chi connectivity index (χ4n) is 4.29. The first-order chi connectivity index (χ1) is 15.6. The van der Waals surface area contributed by atoms with Crippen LogP contribution >= 0.6 is 0 Å². The number of tetrazole rings is 1. The summed E-state index contributed by atoms with van der Waals surface area (Å²) in [4.78, 5) is 30.0. The van der Waals surface area contributed by atoms with E-state index in [9.17, 15) is 9.59 Å². The van der Waals surface area contributed by atoms with Gasteiger partial charge in [0.25, 0.3) is 0 Å². The van der Waals surface area contributed by atoms with Gasteiger partial charge >= 0.3 is 0 Å². The Hall–Kier alpha value is -3.55. The van der Waals surface area contributed by atoms with Crippen molar-refractivity contribution in [1.29, 1.82) is 0 Å². The smallest absolute Gasteiger partial charge is 0.245 e. The number of rotatable bonds is 7. The minimum atomic E-state index is -0.518. The first-order valence-corrected chi connectivity index (χ1v) is 11.0. The second kappa shape index (κ2) is 9.72. The van der Waals surface area contributed by atoms with Crippen LogP contribution in [0, 0.1) is 6.92 Å². The zero-order valence-electron chi connectivity index (χ0n) is 18.5. The minimum absolute atomic E-state index is 0.00793. The van der Waals surface area contributed by atoms with Gasteiger partial charge in [0.2, 0.25) is 11.8 Å². The van der Waals surface area contributed by atoms with Gasteiger partial charge in [0, 0.05) is 32.5 Å². The highest BCUT2D eigenvalue weighted by molar-refractivity contribution is 5.89. The van der Waals surface area contributed by atoms with Gasteiger partial charge in [-0.05, 0) is 41.0 Å². The first-order valence-electron chi connectivity index (χ1n) is 11.0. The van der Waals surface area contributed by atoms with E-state index < -0.39 is 6.04 Å². The number of carbonyl (C=O) groups excluding carboxylic acids is 2. The molecule has 32 heavy (non-hydrogen) atoms. The molecule has 1 aromatic heterocycles. The van der Waals surface area contributed by atoms with Crippen molar-refractivity contribution in [3.8, 4) is 11.1 Å². The summed E-state index contributed by atoms with van der Waals surface area (Å²) < 4.78 is 1.53. The number of amides is 2. The van der Waals surface area contributed by atoms with E-state index in [1.165, 1.54) is 16.6 Å². The van der Waals surface area contributed by atoms with E-state index in [0.717, 1.165) is 16.7 Å². The van der Waals surface area contributed by atoms with Crippen LogP contribution < -0.4 is 0 Å². The molecule has 0 bridgehead atoms. The summed E-state index contributed by atoms with van der Waals surface area (Å²) in [6.45, 7) is 6.17. The van der Waals surface area contributed by atoms with Crippen molar-refractivity contribution >= 4 is 11.8 Å². The summed E-state index contributed by atoms with van der Waals surface area (Å²) in [6.07, 6.45) is 2.22. The molecule has 2 heterocycles. The Kier molecular flexibility index (Phi) is 6.58. The topological polar surface area (TPSA) is 84.2 Å². The second-order valence-electron chi connectivity index (χ2n) is 8.07. The summed E-state index contributed by atoms with van der Waals surface area (Å²) in [5, 5.41) is 11.0. The number of carbonyl (C=O) groups is 2. The van der Waals surface area contributed by atoms with Crippen LogP contribution in [0.25, 0.3) is 11.1 Å². The van der Waals surface area contributed by atoms with Crippen LogP contribution in [0.4, 0.5) is 0 Å². The average molecular weight is 433 g/mol. The lowest BCUT2D eigenvalue weighted by Gasteiger charge is -2.40. The molecule has 0 aliphatic carbocycles. The Bertz CT molecular complexity index is 1080. The van der Waals surface area contributed by atoms with Gasteiger partial charge in [0.15, 0.2) is 0 Å². The van der Waals surface area contributed by atoms with Crippen molar-refractivity contribution < 1.29 is 9.59 Å². The van der Waals surface area contributed by atoms with Gasteiger partial charge in [-0.1, -0.05) is 54.1 Å². The highest BCUT2D eigenvalue weighted by Crippen LogP contribution is 2.27. The van der Waals surface area contributed by atoms with E-state index in [-0.39, 0.29) is 18.2 Å². The van der Waals surface area contributed by atoms with Crippen molar-refractivity contribution in [3.05, 3.63) is 66.0 Å². The average Bonchev–Trinajstić information content (AvgIpc) is 3.33. The van der Waals surface area contributed by atoms with Gasteiger partial charge in [-0.2, -0.15) is 0 Å². The zero-order chi connectivity index (χ0) is 22.5. The summed E-state index contributed by atoms with van der Waals surface area (Å²) in [6, 6.07) is 16.0. The molecule has 8 nitrogen and oxygen atoms in total. The molecule has 2 aromatic carbocycles. The molecular formula is C24H28N6O2. The number of piperazine rings is 1. The lowest BCUT2D eigenvalue weighted by Crippen LogP contribution is -2.59. The van der Waals surface area contributed by atoms with E-state index >= 15 is 0 Å². The number of hydrogen-bond donors (Lipinski definition) is 0. The van der Waals surface area contributed by atoms with Gasteiger partial charge in [0.05, 0.1) is 6.54 Å². The number of benzene rings is 2. The maximum atomic E-state index is 13.3. The van der Waals surface area contributed by atoms with E-state index in [1.807, 2.05) is 30.0 Å². The zero-order valence-corrected chi connectivity index (χ0v) is 18.5. The largest absolute Gasteiger partial charge is 0.339 e. The molecule has 0 saturated carbocycles. The number of nitrogens with zero attached hydrogens (tertiary/aromatic N) is 6. The van der Waals surface area contributed by atoms with Gasteiger partial charge in [-0.3, -0.25) is 9.59 Å². The molecular weight excluding hydrogens is 404 g/mol. The summed E-state index contributed by atoms with van der Waals surface area (Å²) in [7, 11) is 0. The summed E-state index contributed by atoms with van der Waals surface area (Å²) in [5.41, 5.74) is 4.46. The Labute approximate surface area is 187 Å². The molecule has 1 aliphatic heterocycles. The maximum absolute atomic E-state index is 13.3. The molecule has 1 atom stereocenters. The van der Waals surface area contributed by atoms with Crippen LogP contribution in [0.3, 0.4) is 0 Å². The van der Waals surface area contributed by atoms with Crippen molar-refractivity contribution in [3.63, 3.8) is 0 Å². The molecule has 0 N–H and O–H groups in total. The first kappa shape index (κ1) is 21.7. The quantitative estimate of drug-likeness (QED) is 0.572. The Balaban J connectivity index is 1.60. The van der Waals surface area contributed by atoms with E-state index in [4.69, 9.17) is 0 Å². The molecule has 1 saturated heterocycles. The lowest BCUT2D eigenvalue weighted by atomic mass is 9.92. The van der Waals surface area contributed by atoms with Crippen LogP contribution in [0.15, 0.2) is 54.9 Å². The second-order valence-corrected chi connectivity index (χ2v) is 8.07. The Morgan fingerprint density at radius 2 is 1.97 bits per heavy atom. The third kappa shape index (κ3) is 4.69. The van der Waals surface area contributed by atoms with Crippen molar-refractivity contribution in [2.75, 3.05) is 19.6 Å². The molecule has 4 rings (SSSR count). The van der Waals surface area contributed by atoms with Gasteiger partial charge < -0.3 is 9.80 Å².